The summed E-state index contributed by atoms with van der Waals surface area (Å²) in [6.07, 6.45) is 5.63. The number of imidazole rings is 2. The molecule has 0 radical (unpaired) electrons. The van der Waals surface area contributed by atoms with Gasteiger partial charge in [-0.1, -0.05) is 60.2 Å². The lowest BCUT2D eigenvalue weighted by atomic mass is 10.0. The van der Waals surface area contributed by atoms with Gasteiger partial charge in [-0.05, 0) is 68.3 Å². The zero-order valence-corrected chi connectivity index (χ0v) is 21.1. The van der Waals surface area contributed by atoms with Crippen LogP contribution in [0.5, 0.6) is 0 Å². The van der Waals surface area contributed by atoms with Crippen LogP contribution in [0.2, 0.25) is 0 Å². The third-order valence-electron chi connectivity index (χ3n) is 6.25. The lowest BCUT2D eigenvalue weighted by molar-refractivity contribution is 1.03. The lowest BCUT2D eigenvalue weighted by Gasteiger charge is -2.15. The molecular weight excluding hydrogens is 454 g/mol. The van der Waals surface area contributed by atoms with Crippen LogP contribution in [0.1, 0.15) is 22.3 Å². The van der Waals surface area contributed by atoms with Crippen molar-refractivity contribution in [3.63, 3.8) is 0 Å². The molecule has 0 saturated heterocycles. The second-order valence-corrected chi connectivity index (χ2v) is 9.00. The molecule has 0 amide bonds. The molecule has 0 unspecified atom stereocenters. The predicted molar refractivity (Wildman–Crippen MR) is 149 cm³/mol. The minimum absolute atomic E-state index is 0.643. The molecule has 4 aromatic carbocycles. The van der Waals surface area contributed by atoms with Crippen molar-refractivity contribution >= 4 is 11.0 Å². The summed E-state index contributed by atoms with van der Waals surface area (Å²) >= 11 is 0. The molecule has 0 aliphatic heterocycles. The molecule has 0 fully saturated rings. The van der Waals surface area contributed by atoms with Gasteiger partial charge in [0.1, 0.15) is 12.2 Å². The maximum atomic E-state index is 9.09. The molecule has 0 bridgehead atoms. The molecule has 6 rings (SSSR count). The van der Waals surface area contributed by atoms with E-state index in [1.165, 1.54) is 16.7 Å². The van der Waals surface area contributed by atoms with Crippen molar-refractivity contribution in [3.8, 4) is 28.8 Å². The van der Waals surface area contributed by atoms with Crippen molar-refractivity contribution in [1.29, 1.82) is 5.26 Å². The first-order valence-corrected chi connectivity index (χ1v) is 12.1. The Kier molecular flexibility index (Phi) is 6.65. The fraction of sp³-hybridized carbons (Fsp3) is 0.0938. The Morgan fingerprint density at radius 2 is 1.46 bits per heavy atom. The summed E-state index contributed by atoms with van der Waals surface area (Å²) in [5, 5.41) is 9.09. The van der Waals surface area contributed by atoms with Gasteiger partial charge in [-0.25, -0.2) is 9.97 Å². The Bertz CT molecular complexity index is 1690. The van der Waals surface area contributed by atoms with E-state index in [2.05, 4.69) is 76.3 Å². The van der Waals surface area contributed by atoms with Crippen LogP contribution < -0.4 is 0 Å². The average Bonchev–Trinajstić information content (AvgIpc) is 3.57. The second kappa shape index (κ2) is 10.3. The molecule has 6 aromatic rings. The van der Waals surface area contributed by atoms with E-state index in [1.54, 1.807) is 12.3 Å². The van der Waals surface area contributed by atoms with Crippen molar-refractivity contribution in [2.75, 3.05) is 0 Å². The first-order valence-electron chi connectivity index (χ1n) is 12.1. The Hall–Kier alpha value is -4.95. The highest BCUT2D eigenvalue weighted by molar-refractivity contribution is 5.77. The Labute approximate surface area is 216 Å². The zero-order chi connectivity index (χ0) is 25.8. The van der Waals surface area contributed by atoms with E-state index in [0.717, 1.165) is 33.8 Å². The van der Waals surface area contributed by atoms with Crippen molar-refractivity contribution in [1.82, 2.24) is 19.1 Å². The van der Waals surface area contributed by atoms with Crippen LogP contribution in [-0.2, 0) is 0 Å². The van der Waals surface area contributed by atoms with E-state index in [-0.39, 0.29) is 0 Å². The molecule has 5 nitrogen and oxygen atoms in total. The number of para-hydroxylation sites is 3. The van der Waals surface area contributed by atoms with Crippen molar-refractivity contribution < 1.29 is 0 Å². The Morgan fingerprint density at radius 3 is 2.22 bits per heavy atom. The molecule has 2 aromatic heterocycles. The van der Waals surface area contributed by atoms with Gasteiger partial charge in [0.2, 0.25) is 0 Å². The molecule has 0 spiro atoms. The molecule has 0 saturated carbocycles. The van der Waals surface area contributed by atoms with E-state index in [4.69, 9.17) is 5.26 Å². The Morgan fingerprint density at radius 1 is 0.730 bits per heavy atom. The maximum absolute atomic E-state index is 9.09. The molecular formula is C32H27N5. The summed E-state index contributed by atoms with van der Waals surface area (Å²) in [7, 11) is 0. The summed E-state index contributed by atoms with van der Waals surface area (Å²) in [5.41, 5.74) is 9.75. The van der Waals surface area contributed by atoms with E-state index in [0.29, 0.717) is 5.56 Å². The highest BCUT2D eigenvalue weighted by Crippen LogP contribution is 2.27. The monoisotopic (exact) mass is 481 g/mol. The van der Waals surface area contributed by atoms with E-state index >= 15 is 0 Å². The van der Waals surface area contributed by atoms with Gasteiger partial charge in [0.25, 0.3) is 0 Å². The van der Waals surface area contributed by atoms with Crippen LogP contribution in [0, 0.1) is 32.1 Å². The van der Waals surface area contributed by atoms with Gasteiger partial charge in [0.05, 0.1) is 28.4 Å². The SMILES string of the molecule is Cc1cc(C)c(-n2ccnc2-c2cccc(C#N)c2)c(C)c1.c1ccc(-n2cnc3ccccc32)cc1. The minimum atomic E-state index is 0.643. The molecule has 180 valence electrons. The van der Waals surface area contributed by atoms with Gasteiger partial charge < -0.3 is 0 Å². The number of aromatic nitrogens is 4. The summed E-state index contributed by atoms with van der Waals surface area (Å²) in [6.45, 7) is 6.34. The van der Waals surface area contributed by atoms with Crippen LogP contribution in [0.25, 0.3) is 33.8 Å². The van der Waals surface area contributed by atoms with Crippen molar-refractivity contribution in [2.45, 2.75) is 20.8 Å². The lowest BCUT2D eigenvalue weighted by Crippen LogP contribution is -2.02. The van der Waals surface area contributed by atoms with Crippen LogP contribution in [0.3, 0.4) is 0 Å². The molecule has 0 aliphatic carbocycles. The summed E-state index contributed by atoms with van der Waals surface area (Å²) < 4.78 is 4.19. The van der Waals surface area contributed by atoms with Crippen molar-refractivity contribution in [2.24, 2.45) is 0 Å². The summed E-state index contributed by atoms with van der Waals surface area (Å²) in [4.78, 5) is 8.85. The molecule has 0 aliphatic rings. The van der Waals surface area contributed by atoms with Gasteiger partial charge in [0, 0.05) is 23.6 Å². The van der Waals surface area contributed by atoms with Crippen LogP contribution >= 0.6 is 0 Å². The number of hydrogen-bond donors (Lipinski definition) is 0. The number of aryl methyl sites for hydroxylation is 3. The molecule has 37 heavy (non-hydrogen) atoms. The van der Waals surface area contributed by atoms with Crippen LogP contribution in [0.4, 0.5) is 0 Å². The normalized spacial score (nSPS) is 10.5. The second-order valence-electron chi connectivity index (χ2n) is 9.00. The molecule has 5 heteroatoms. The van der Waals surface area contributed by atoms with E-state index < -0.39 is 0 Å². The van der Waals surface area contributed by atoms with Gasteiger partial charge in [-0.15, -0.1) is 0 Å². The number of benzene rings is 4. The topological polar surface area (TPSA) is 59.4 Å². The molecule has 0 N–H and O–H groups in total. The number of hydrogen-bond acceptors (Lipinski definition) is 3. The molecule has 0 atom stereocenters. The van der Waals surface area contributed by atoms with Crippen molar-refractivity contribution in [3.05, 3.63) is 132 Å². The van der Waals surface area contributed by atoms with Crippen LogP contribution in [-0.4, -0.2) is 19.1 Å². The Balaban J connectivity index is 0.000000162. The summed E-state index contributed by atoms with van der Waals surface area (Å²) in [5.74, 6) is 0.854. The zero-order valence-electron chi connectivity index (χ0n) is 21.1. The third-order valence-corrected chi connectivity index (χ3v) is 6.25. The minimum Gasteiger partial charge on any atom is -0.299 e. The largest absolute Gasteiger partial charge is 0.299 e. The maximum Gasteiger partial charge on any atom is 0.144 e. The quantitative estimate of drug-likeness (QED) is 0.265. The number of rotatable bonds is 3. The number of nitrogens with zero attached hydrogens (tertiary/aromatic N) is 5. The fourth-order valence-electron chi connectivity index (χ4n) is 4.73. The molecule has 2 heterocycles. The summed E-state index contributed by atoms with van der Waals surface area (Å²) in [6, 6.07) is 32.5. The standard InChI is InChI=1S/C19H17N3.C13H10N2/c1-13-9-14(2)18(15(3)10-13)22-8-7-21-19(22)17-6-4-5-16(11-17)12-20;1-2-6-11(7-3-1)15-10-14-12-8-4-5-9-13(12)15/h4-11H,1-3H3;1-10H. The van der Waals surface area contributed by atoms with Gasteiger partial charge in [-0.3, -0.25) is 9.13 Å². The van der Waals surface area contributed by atoms with Gasteiger partial charge in [0.15, 0.2) is 0 Å². The highest BCUT2D eigenvalue weighted by atomic mass is 15.1. The predicted octanol–water partition coefficient (Wildman–Crippen LogP) is 7.36. The number of nitriles is 1. The van der Waals surface area contributed by atoms with Crippen LogP contribution in [0.15, 0.2) is 110 Å². The fourth-order valence-corrected chi connectivity index (χ4v) is 4.73. The van der Waals surface area contributed by atoms with Gasteiger partial charge in [-0.2, -0.15) is 5.26 Å². The van der Waals surface area contributed by atoms with E-state index in [9.17, 15) is 0 Å². The van der Waals surface area contributed by atoms with Gasteiger partial charge >= 0.3 is 0 Å². The van der Waals surface area contributed by atoms with E-state index in [1.807, 2.05) is 67.1 Å². The highest BCUT2D eigenvalue weighted by Gasteiger charge is 2.12. The first-order chi connectivity index (χ1) is 18.0. The third kappa shape index (κ3) is 4.91. The first kappa shape index (κ1) is 23.8. The number of fused-ring (bicyclic) bond motifs is 1. The smallest absolute Gasteiger partial charge is 0.144 e. The average molecular weight is 482 g/mol.